The summed E-state index contributed by atoms with van der Waals surface area (Å²) in [7, 11) is 2.98. The molecule has 7 rings (SSSR count). The van der Waals surface area contributed by atoms with Crippen molar-refractivity contribution in [2.24, 2.45) is 13.0 Å². The van der Waals surface area contributed by atoms with Gasteiger partial charge in [-0.3, -0.25) is 47.3 Å². The second-order valence-electron chi connectivity index (χ2n) is 14.1. The molecule has 3 aromatic heterocycles. The van der Waals surface area contributed by atoms with Gasteiger partial charge in [-0.05, 0) is 121 Å². The summed E-state index contributed by atoms with van der Waals surface area (Å²) in [6.07, 6.45) is 2.93. The molecule has 0 unspecified atom stereocenters. The Morgan fingerprint density at radius 3 is 1.59 bits per heavy atom. The first-order valence-electron chi connectivity index (χ1n) is 18.7. The average molecular weight is 1100 g/mol. The van der Waals surface area contributed by atoms with Gasteiger partial charge >= 0.3 is 35.3 Å². The van der Waals surface area contributed by atoms with E-state index in [0.717, 1.165) is 37.0 Å². The minimum atomic E-state index is -1.31. The molecule has 336 valence electrons. The molecule has 2 aromatic carbocycles. The molecule has 0 aliphatic heterocycles. The monoisotopic (exact) mass is 1100 g/mol. The Morgan fingerprint density at radius 1 is 0.762 bits per heavy atom. The lowest BCUT2D eigenvalue weighted by molar-refractivity contribution is -0.157. The molecule has 63 heavy (non-hydrogen) atoms. The number of nitrogens with zero attached hydrogens (tertiary/aromatic N) is 5. The van der Waals surface area contributed by atoms with Gasteiger partial charge in [0, 0.05) is 53.2 Å². The number of benzene rings is 2. The third-order valence-electron chi connectivity index (χ3n) is 9.35. The summed E-state index contributed by atoms with van der Waals surface area (Å²) in [5.74, 6) is -6.40. The van der Waals surface area contributed by atoms with E-state index < -0.39 is 69.7 Å². The molecule has 0 spiro atoms. The van der Waals surface area contributed by atoms with Gasteiger partial charge in [0.05, 0.1) is 16.9 Å². The van der Waals surface area contributed by atoms with Crippen LogP contribution in [0.25, 0.3) is 22.4 Å². The van der Waals surface area contributed by atoms with E-state index in [2.05, 4.69) is 10.1 Å². The Morgan fingerprint density at radius 2 is 1.21 bits per heavy atom. The van der Waals surface area contributed by atoms with Crippen LogP contribution in [-0.2, 0) is 31.0 Å². The highest BCUT2D eigenvalue weighted by Gasteiger charge is 2.32. The smallest absolute Gasteiger partial charge is 0.337 e. The fraction of sp³-hybridized carbons (Fsp3) is 0.325. The SMILES string of the molecule is CC(=O)OC(C)=O.CC(C(=O)O)C(=O)O.CNc1cc(=O)n(C2CC2)c(=O)n1-c1ccc(I)cc1F.Cc1c(O)c2c(=O)n(C3CC3)c(=O)n(-c3ccc(I)cc3F)c2n(C)c1=O. The summed E-state index contributed by atoms with van der Waals surface area (Å²) in [4.78, 5) is 102. The number of ether oxygens (including phenoxy) is 1. The summed E-state index contributed by atoms with van der Waals surface area (Å²) < 4.78 is 39.8. The predicted octanol–water partition coefficient (Wildman–Crippen LogP) is 3.95. The molecule has 5 aromatic rings. The summed E-state index contributed by atoms with van der Waals surface area (Å²) >= 11 is 3.95. The molecule has 2 saturated carbocycles. The average Bonchev–Trinajstić information content (AvgIpc) is 4.14. The lowest BCUT2D eigenvalue weighted by Crippen LogP contribution is -2.41. The van der Waals surface area contributed by atoms with Crippen LogP contribution in [0.5, 0.6) is 5.75 Å². The minimum absolute atomic E-state index is 0.00210. The van der Waals surface area contributed by atoms with Crippen molar-refractivity contribution in [3.8, 4) is 17.1 Å². The zero-order valence-corrected chi connectivity index (χ0v) is 38.6. The lowest BCUT2D eigenvalue weighted by Gasteiger charge is -2.18. The van der Waals surface area contributed by atoms with Crippen LogP contribution < -0.4 is 33.4 Å². The van der Waals surface area contributed by atoms with Crippen molar-refractivity contribution in [2.45, 2.75) is 65.5 Å². The fourth-order valence-electron chi connectivity index (χ4n) is 5.92. The number of aromatic hydroxyl groups is 1. The van der Waals surface area contributed by atoms with Crippen molar-refractivity contribution in [2.75, 3.05) is 12.4 Å². The molecule has 2 aliphatic carbocycles. The molecule has 19 nitrogen and oxygen atoms in total. The molecule has 4 N–H and O–H groups in total. The third-order valence-corrected chi connectivity index (χ3v) is 10.7. The summed E-state index contributed by atoms with van der Waals surface area (Å²) in [5, 5.41) is 29.1. The number of anilines is 1. The molecular weight excluding hydrogens is 1060 g/mol. The van der Waals surface area contributed by atoms with E-state index in [9.17, 15) is 57.0 Å². The number of hydrogen-bond acceptors (Lipinski definition) is 12. The predicted molar refractivity (Wildman–Crippen MR) is 240 cm³/mol. The highest BCUT2D eigenvalue weighted by Crippen LogP contribution is 2.34. The Labute approximate surface area is 381 Å². The fourth-order valence-corrected chi connectivity index (χ4v) is 6.83. The number of halogens is 4. The van der Waals surface area contributed by atoms with Crippen molar-refractivity contribution in [3.05, 3.63) is 119 Å². The van der Waals surface area contributed by atoms with E-state index in [-0.39, 0.29) is 51.4 Å². The van der Waals surface area contributed by atoms with Crippen molar-refractivity contribution >= 4 is 85.9 Å². The highest BCUT2D eigenvalue weighted by molar-refractivity contribution is 14.1. The van der Waals surface area contributed by atoms with Crippen molar-refractivity contribution < 1.29 is 48.0 Å². The van der Waals surface area contributed by atoms with Gasteiger partial charge in [-0.1, -0.05) is 0 Å². The van der Waals surface area contributed by atoms with Gasteiger partial charge < -0.3 is 25.4 Å². The highest BCUT2D eigenvalue weighted by atomic mass is 127. The van der Waals surface area contributed by atoms with Crippen molar-refractivity contribution in [3.63, 3.8) is 0 Å². The number of esters is 2. The minimum Gasteiger partial charge on any atom is -0.506 e. The molecule has 0 bridgehead atoms. The van der Waals surface area contributed by atoms with Gasteiger partial charge in [-0.15, -0.1) is 0 Å². The molecule has 0 amide bonds. The molecule has 23 heteroatoms. The second-order valence-corrected chi connectivity index (χ2v) is 16.6. The number of carboxylic acid groups (broad SMARTS) is 2. The number of carbonyl (C=O) groups is 4. The summed E-state index contributed by atoms with van der Waals surface area (Å²) in [6, 6.07) is 9.90. The molecule has 3 heterocycles. The third kappa shape index (κ3) is 11.3. The zero-order chi connectivity index (χ0) is 47.4. The Bertz CT molecular complexity index is 2940. The van der Waals surface area contributed by atoms with Gasteiger partial charge in [0.1, 0.15) is 34.2 Å². The van der Waals surface area contributed by atoms with Crippen LogP contribution in [0.4, 0.5) is 14.6 Å². The topological polar surface area (TPSA) is 260 Å². The van der Waals surface area contributed by atoms with Crippen LogP contribution in [0.3, 0.4) is 0 Å². The van der Waals surface area contributed by atoms with E-state index >= 15 is 0 Å². The van der Waals surface area contributed by atoms with Crippen LogP contribution in [0, 0.1) is 31.6 Å². The standard InChI is InChI=1S/C18H15FIN3O4.C14H13FIN3O2.C4H6O4.C4H6O3/c1-8-14(24)13-15(21(2)16(8)25)23(12-6-3-9(20)7-11(12)19)18(27)22(17(13)26)10-4-5-10;1-17-12-7-13(20)18(9-3-4-9)14(21)19(12)11-5-2-8(16)6-10(11)15;1-2(3(5)6)4(7)8;1-3(5)7-4(2)6/h3,6-7,10,24H,4-5H2,1-2H3;2,5-7,9,17H,3-4H2,1H3;2H,1H3,(H,5,6)(H,7,8);1-2H3. The number of carbonyl (C=O) groups excluding carboxylic acids is 2. The van der Waals surface area contributed by atoms with E-state index in [1.807, 2.05) is 45.2 Å². The molecular formula is C40H40F2I2N6O13. The largest absolute Gasteiger partial charge is 0.506 e. The Kier molecular flexibility index (Phi) is 16.1. The number of nitrogens with one attached hydrogen (secondary N) is 1. The number of carboxylic acids is 2. The van der Waals surface area contributed by atoms with Crippen LogP contribution in [0.1, 0.15) is 64.1 Å². The first kappa shape index (κ1) is 49.7. The van der Waals surface area contributed by atoms with E-state index in [1.54, 1.807) is 25.2 Å². The normalized spacial score (nSPS) is 12.8. The van der Waals surface area contributed by atoms with Crippen LogP contribution in [-0.4, -0.2) is 69.1 Å². The summed E-state index contributed by atoms with van der Waals surface area (Å²) in [5.41, 5.74) is -2.90. The van der Waals surface area contributed by atoms with Gasteiger partial charge in [-0.25, -0.2) is 27.5 Å². The van der Waals surface area contributed by atoms with Crippen molar-refractivity contribution in [1.82, 2.24) is 22.8 Å². The molecule has 0 atom stereocenters. The second kappa shape index (κ2) is 20.5. The number of aromatic nitrogens is 5. The maximum Gasteiger partial charge on any atom is 0.337 e. The van der Waals surface area contributed by atoms with Gasteiger partial charge in [0.2, 0.25) is 0 Å². The van der Waals surface area contributed by atoms with Crippen molar-refractivity contribution in [1.29, 1.82) is 0 Å². The maximum atomic E-state index is 14.7. The zero-order valence-electron chi connectivity index (χ0n) is 34.3. The van der Waals surface area contributed by atoms with Crippen LogP contribution in [0.2, 0.25) is 0 Å². The quantitative estimate of drug-likeness (QED) is 0.102. The lowest BCUT2D eigenvalue weighted by atomic mass is 10.2. The van der Waals surface area contributed by atoms with E-state index in [4.69, 9.17) is 10.2 Å². The molecule has 2 fully saturated rings. The van der Waals surface area contributed by atoms with Gasteiger partial charge in [0.15, 0.2) is 5.92 Å². The number of hydrogen-bond donors (Lipinski definition) is 4. The summed E-state index contributed by atoms with van der Waals surface area (Å²) in [6.45, 7) is 4.88. The number of aliphatic carboxylic acids is 2. The number of pyridine rings is 1. The Hall–Kier alpha value is -5.99. The van der Waals surface area contributed by atoms with Gasteiger partial charge in [-0.2, -0.15) is 0 Å². The first-order valence-corrected chi connectivity index (χ1v) is 20.8. The number of aryl methyl sites for hydroxylation is 1. The van der Waals surface area contributed by atoms with E-state index in [1.165, 1.54) is 61.2 Å². The van der Waals surface area contributed by atoms with Crippen LogP contribution in [0.15, 0.2) is 66.4 Å². The molecule has 2 aliphatic rings. The maximum absolute atomic E-state index is 14.7. The molecule has 0 radical (unpaired) electrons. The number of fused-ring (bicyclic) bond motifs is 1. The first-order chi connectivity index (χ1) is 29.4. The van der Waals surface area contributed by atoms with E-state index in [0.29, 0.717) is 16.4 Å². The van der Waals surface area contributed by atoms with Crippen LogP contribution >= 0.6 is 45.2 Å². The number of rotatable bonds is 7. The Balaban J connectivity index is 0.000000213. The molecule has 0 saturated heterocycles. The van der Waals surface area contributed by atoms with Gasteiger partial charge in [0.25, 0.3) is 16.7 Å².